The van der Waals surface area contributed by atoms with Gasteiger partial charge in [0.2, 0.25) is 11.8 Å². The summed E-state index contributed by atoms with van der Waals surface area (Å²) in [5.74, 6) is -1.27. The number of anilines is 2. The third kappa shape index (κ3) is 3.80. The predicted octanol–water partition coefficient (Wildman–Crippen LogP) is 5.26. The Kier molecular flexibility index (Phi) is 5.43. The van der Waals surface area contributed by atoms with Gasteiger partial charge in [0.15, 0.2) is 0 Å². The Hall–Kier alpha value is -2.83. The van der Waals surface area contributed by atoms with Gasteiger partial charge >= 0.3 is 6.18 Å². The number of nitrogens with one attached hydrogen (secondary N) is 1. The number of aryl methyl sites for hydroxylation is 3. The second-order valence-electron chi connectivity index (χ2n) is 8.34. The van der Waals surface area contributed by atoms with Gasteiger partial charge in [-0.3, -0.25) is 9.59 Å². The minimum atomic E-state index is -4.51. The highest BCUT2D eigenvalue weighted by atomic mass is 19.4. The van der Waals surface area contributed by atoms with Crippen molar-refractivity contribution < 1.29 is 22.8 Å². The van der Waals surface area contributed by atoms with Crippen molar-refractivity contribution in [1.29, 1.82) is 0 Å². The summed E-state index contributed by atoms with van der Waals surface area (Å²) in [6, 6.07) is 9.14. The van der Waals surface area contributed by atoms with Crippen molar-refractivity contribution in [3.63, 3.8) is 0 Å². The minimum absolute atomic E-state index is 0.0683. The van der Waals surface area contributed by atoms with E-state index >= 15 is 0 Å². The summed E-state index contributed by atoms with van der Waals surface area (Å²) < 4.78 is 39.4. The van der Waals surface area contributed by atoms with Gasteiger partial charge in [0.1, 0.15) is 0 Å². The van der Waals surface area contributed by atoms with Crippen LogP contribution < -0.4 is 10.2 Å². The molecule has 0 unspecified atom stereocenters. The molecule has 7 heteroatoms. The number of alkyl halides is 3. The molecule has 2 aromatic carbocycles. The highest BCUT2D eigenvalue weighted by molar-refractivity contribution is 6.07. The van der Waals surface area contributed by atoms with E-state index in [1.165, 1.54) is 13.0 Å². The lowest BCUT2D eigenvalue weighted by Gasteiger charge is -2.27. The summed E-state index contributed by atoms with van der Waals surface area (Å²) in [5, 5.41) is 2.61. The molecule has 0 aromatic heterocycles. The largest absolute Gasteiger partial charge is 0.416 e. The number of halogens is 3. The number of carbonyl (C=O) groups excluding carboxylic acids is 2. The van der Waals surface area contributed by atoms with E-state index in [1.807, 2.05) is 32.0 Å². The van der Waals surface area contributed by atoms with Gasteiger partial charge in [-0.1, -0.05) is 25.1 Å². The van der Waals surface area contributed by atoms with Crippen LogP contribution in [0.3, 0.4) is 0 Å². The van der Waals surface area contributed by atoms with Crippen molar-refractivity contribution >= 4 is 23.2 Å². The predicted molar refractivity (Wildman–Crippen MR) is 110 cm³/mol. The first-order chi connectivity index (χ1) is 13.8. The topological polar surface area (TPSA) is 49.4 Å². The van der Waals surface area contributed by atoms with Crippen LogP contribution in [0.4, 0.5) is 24.5 Å². The molecule has 0 spiro atoms. The van der Waals surface area contributed by atoms with Crippen molar-refractivity contribution in [1.82, 2.24) is 0 Å². The molecule has 1 aliphatic heterocycles. The van der Waals surface area contributed by atoms with Crippen molar-refractivity contribution in [3.05, 3.63) is 58.7 Å². The Morgan fingerprint density at radius 2 is 1.73 bits per heavy atom. The summed E-state index contributed by atoms with van der Waals surface area (Å²) >= 11 is 0. The first kappa shape index (κ1) is 21.9. The van der Waals surface area contributed by atoms with Crippen LogP contribution in [0.1, 0.15) is 36.1 Å². The minimum Gasteiger partial charge on any atom is -0.326 e. The maximum Gasteiger partial charge on any atom is 0.416 e. The Morgan fingerprint density at radius 1 is 1.13 bits per heavy atom. The Morgan fingerprint density at radius 3 is 2.30 bits per heavy atom. The van der Waals surface area contributed by atoms with Gasteiger partial charge in [-0.15, -0.1) is 0 Å². The molecule has 2 aromatic rings. The highest BCUT2D eigenvalue weighted by Crippen LogP contribution is 2.42. The average Bonchev–Trinajstić information content (AvgIpc) is 2.86. The molecular formula is C23H25F3N2O2. The van der Waals surface area contributed by atoms with Gasteiger partial charge in [0.25, 0.3) is 0 Å². The fourth-order valence-corrected chi connectivity index (χ4v) is 4.03. The number of para-hydroxylation sites is 1. The van der Waals surface area contributed by atoms with Crippen LogP contribution in [0.2, 0.25) is 0 Å². The molecule has 0 saturated carbocycles. The fraction of sp³-hybridized carbons (Fsp3) is 0.391. The normalized spacial score (nSPS) is 21.8. The highest BCUT2D eigenvalue weighted by Gasteiger charge is 2.52. The fourth-order valence-electron chi connectivity index (χ4n) is 4.03. The molecule has 1 aliphatic rings. The zero-order valence-corrected chi connectivity index (χ0v) is 17.6. The van der Waals surface area contributed by atoms with Crippen molar-refractivity contribution in [2.75, 3.05) is 16.8 Å². The van der Waals surface area contributed by atoms with Crippen LogP contribution in [0.15, 0.2) is 36.4 Å². The Labute approximate surface area is 174 Å². The van der Waals surface area contributed by atoms with Gasteiger partial charge in [0.05, 0.1) is 16.9 Å². The number of nitrogens with zero attached hydrogens (tertiary/aromatic N) is 1. The number of amides is 2. The molecule has 2 atom stereocenters. The number of carbonyl (C=O) groups is 2. The van der Waals surface area contributed by atoms with Crippen LogP contribution in [0.5, 0.6) is 0 Å². The molecular weight excluding hydrogens is 393 g/mol. The second-order valence-corrected chi connectivity index (χ2v) is 8.34. The lowest BCUT2D eigenvalue weighted by molar-refractivity contribution is -0.137. The van der Waals surface area contributed by atoms with E-state index in [1.54, 1.807) is 18.7 Å². The smallest absolute Gasteiger partial charge is 0.326 e. The number of rotatable bonds is 3. The van der Waals surface area contributed by atoms with E-state index < -0.39 is 29.0 Å². The van der Waals surface area contributed by atoms with Crippen LogP contribution in [0.25, 0.3) is 0 Å². The van der Waals surface area contributed by atoms with Crippen LogP contribution in [0, 0.1) is 32.1 Å². The molecule has 0 aliphatic carbocycles. The zero-order chi connectivity index (χ0) is 22.4. The first-order valence-corrected chi connectivity index (χ1v) is 9.72. The number of hydrogen-bond acceptors (Lipinski definition) is 2. The molecule has 1 N–H and O–H groups in total. The standard InChI is InChI=1S/C23H25F3N2O2/c1-13-9-17(23(24,25)26)11-18(10-13)27-21(30)22(5)12-28(20(29)16(22)4)19-14(2)7-6-8-15(19)3/h6-11,16H,12H2,1-5H3,(H,27,30)/t16-,22+/m0/s1. The maximum atomic E-state index is 13.1. The van der Waals surface area contributed by atoms with Gasteiger partial charge < -0.3 is 10.2 Å². The van der Waals surface area contributed by atoms with Crippen LogP contribution in [-0.4, -0.2) is 18.4 Å². The number of hydrogen-bond donors (Lipinski definition) is 1. The van der Waals surface area contributed by atoms with E-state index in [2.05, 4.69) is 5.32 Å². The molecule has 1 heterocycles. The molecule has 0 bridgehead atoms. The molecule has 1 saturated heterocycles. The molecule has 0 radical (unpaired) electrons. The summed E-state index contributed by atoms with van der Waals surface area (Å²) in [4.78, 5) is 27.8. The third-order valence-corrected chi connectivity index (χ3v) is 5.97. The zero-order valence-electron chi connectivity index (χ0n) is 17.6. The summed E-state index contributed by atoms with van der Waals surface area (Å²) in [6.07, 6.45) is -4.51. The molecule has 1 fully saturated rings. The lowest BCUT2D eigenvalue weighted by atomic mass is 9.80. The van der Waals surface area contributed by atoms with Gasteiger partial charge in [0, 0.05) is 17.9 Å². The van der Waals surface area contributed by atoms with E-state index in [0.29, 0.717) is 5.56 Å². The lowest BCUT2D eigenvalue weighted by Crippen LogP contribution is -2.40. The van der Waals surface area contributed by atoms with E-state index in [0.717, 1.165) is 28.9 Å². The molecule has 4 nitrogen and oxygen atoms in total. The molecule has 30 heavy (non-hydrogen) atoms. The van der Waals surface area contributed by atoms with Crippen LogP contribution in [-0.2, 0) is 15.8 Å². The quantitative estimate of drug-likeness (QED) is 0.739. The van der Waals surface area contributed by atoms with E-state index in [4.69, 9.17) is 0 Å². The van der Waals surface area contributed by atoms with Crippen LogP contribution >= 0.6 is 0 Å². The van der Waals surface area contributed by atoms with E-state index in [-0.39, 0.29) is 18.1 Å². The summed E-state index contributed by atoms with van der Waals surface area (Å²) in [7, 11) is 0. The van der Waals surface area contributed by atoms with Crippen molar-refractivity contribution in [2.45, 2.75) is 40.8 Å². The van der Waals surface area contributed by atoms with E-state index in [9.17, 15) is 22.8 Å². The number of benzene rings is 2. The van der Waals surface area contributed by atoms with Gasteiger partial charge in [-0.05, 0) is 62.6 Å². The Bertz CT molecular complexity index is 996. The van der Waals surface area contributed by atoms with Crippen molar-refractivity contribution in [3.8, 4) is 0 Å². The maximum absolute atomic E-state index is 13.1. The third-order valence-electron chi connectivity index (χ3n) is 5.97. The molecule has 3 rings (SSSR count). The van der Waals surface area contributed by atoms with Gasteiger partial charge in [-0.2, -0.15) is 13.2 Å². The summed E-state index contributed by atoms with van der Waals surface area (Å²) in [6.45, 7) is 8.87. The van der Waals surface area contributed by atoms with Gasteiger partial charge in [-0.25, -0.2) is 0 Å². The Balaban J connectivity index is 1.91. The monoisotopic (exact) mass is 418 g/mol. The van der Waals surface area contributed by atoms with Crippen molar-refractivity contribution in [2.24, 2.45) is 11.3 Å². The summed E-state index contributed by atoms with van der Waals surface area (Å²) in [5.41, 5.74) is 1.17. The SMILES string of the molecule is Cc1cc(NC(=O)[C@]2(C)CN(c3c(C)cccc3C)C(=O)[C@@H]2C)cc(C(F)(F)F)c1. The molecule has 2 amide bonds. The molecule has 160 valence electrons. The first-order valence-electron chi connectivity index (χ1n) is 9.72. The second kappa shape index (κ2) is 7.45. The average molecular weight is 418 g/mol.